The second kappa shape index (κ2) is 13.7. The minimum atomic E-state index is -4.05. The molecule has 0 N–H and O–H groups in total. The van der Waals surface area contributed by atoms with E-state index in [1.807, 2.05) is 0 Å². The largest absolute Gasteiger partial charge is 0.489 e. The molecule has 2 aromatic heterocycles. The van der Waals surface area contributed by atoms with Crippen LogP contribution in [0.3, 0.4) is 0 Å². The van der Waals surface area contributed by atoms with E-state index in [1.54, 1.807) is 0 Å². The van der Waals surface area contributed by atoms with Crippen LogP contribution >= 0.6 is 23.2 Å². The number of ether oxygens (including phenoxy) is 3. The number of rotatable bonds is 12. The minimum absolute atomic E-state index is 0.00881. The van der Waals surface area contributed by atoms with Gasteiger partial charge in [-0.25, -0.2) is 8.42 Å². The Kier molecular flexibility index (Phi) is 10.0. The van der Waals surface area contributed by atoms with E-state index in [-0.39, 0.29) is 45.8 Å². The highest BCUT2D eigenvalue weighted by Gasteiger charge is 2.40. The van der Waals surface area contributed by atoms with Crippen molar-refractivity contribution < 1.29 is 36.2 Å². The molecule has 3 aromatic rings. The predicted octanol–water partition coefficient (Wildman–Crippen LogP) is 6.24. The van der Waals surface area contributed by atoms with Crippen LogP contribution in [0.1, 0.15) is 49.3 Å². The molecule has 0 amide bonds. The van der Waals surface area contributed by atoms with Crippen LogP contribution in [0.2, 0.25) is 10.0 Å². The number of hydrogen-bond acceptors (Lipinski definition) is 8. The van der Waals surface area contributed by atoms with Gasteiger partial charge in [0, 0.05) is 37.8 Å². The molecule has 230 valence electrons. The van der Waals surface area contributed by atoms with Crippen LogP contribution in [-0.4, -0.2) is 54.5 Å². The SMILES string of the molecule is O=C(OC(Cc1c(Cl)cncc1Cl)c1ccc(OC(F)F)c(OCC2CC2)c1)C1CCCCN1S(=O)(=O)c1cccnc1. The number of hydrogen-bond donors (Lipinski definition) is 0. The molecular weight excluding hydrogens is 627 g/mol. The van der Waals surface area contributed by atoms with Crippen LogP contribution in [0.15, 0.2) is 60.0 Å². The van der Waals surface area contributed by atoms with E-state index in [2.05, 4.69) is 14.7 Å². The maximum absolute atomic E-state index is 13.8. The number of halogens is 4. The lowest BCUT2D eigenvalue weighted by Gasteiger charge is -2.34. The number of benzene rings is 1. The summed E-state index contributed by atoms with van der Waals surface area (Å²) in [5, 5.41) is 0.463. The first-order valence-corrected chi connectivity index (χ1v) is 15.9. The van der Waals surface area contributed by atoms with Gasteiger partial charge in [0.1, 0.15) is 17.0 Å². The third-order valence-corrected chi connectivity index (χ3v) is 9.84. The highest BCUT2D eigenvalue weighted by atomic mass is 35.5. The molecule has 1 saturated heterocycles. The molecule has 2 atom stereocenters. The predicted molar refractivity (Wildman–Crippen MR) is 154 cm³/mol. The number of pyridine rings is 2. The van der Waals surface area contributed by atoms with E-state index in [4.69, 9.17) is 32.7 Å². The molecule has 0 bridgehead atoms. The molecule has 43 heavy (non-hydrogen) atoms. The van der Waals surface area contributed by atoms with Crippen molar-refractivity contribution in [3.05, 3.63) is 76.3 Å². The minimum Gasteiger partial charge on any atom is -0.489 e. The Hall–Kier alpha value is -3.06. The molecule has 2 unspecified atom stereocenters. The summed E-state index contributed by atoms with van der Waals surface area (Å²) in [6, 6.07) is 6.10. The van der Waals surface area contributed by atoms with Crippen molar-refractivity contribution in [2.24, 2.45) is 5.92 Å². The molecule has 2 fully saturated rings. The van der Waals surface area contributed by atoms with Crippen molar-refractivity contribution in [2.45, 2.75) is 62.2 Å². The van der Waals surface area contributed by atoms with Gasteiger partial charge in [-0.2, -0.15) is 13.1 Å². The molecule has 9 nitrogen and oxygen atoms in total. The molecule has 1 aliphatic carbocycles. The van der Waals surface area contributed by atoms with Gasteiger partial charge in [-0.15, -0.1) is 0 Å². The van der Waals surface area contributed by atoms with Crippen LogP contribution in [0, 0.1) is 5.92 Å². The quantitative estimate of drug-likeness (QED) is 0.211. The van der Waals surface area contributed by atoms with E-state index in [1.165, 1.54) is 55.1 Å². The van der Waals surface area contributed by atoms with Gasteiger partial charge in [0.05, 0.1) is 16.7 Å². The Morgan fingerprint density at radius 1 is 1.02 bits per heavy atom. The van der Waals surface area contributed by atoms with Crippen LogP contribution in [-0.2, 0) is 26.0 Å². The first kappa shape index (κ1) is 31.4. The summed E-state index contributed by atoms with van der Waals surface area (Å²) in [7, 11) is -4.05. The van der Waals surface area contributed by atoms with Crippen LogP contribution in [0.5, 0.6) is 11.5 Å². The van der Waals surface area contributed by atoms with Gasteiger partial charge in [-0.05, 0) is 73.4 Å². The number of piperidine rings is 1. The van der Waals surface area contributed by atoms with E-state index in [0.29, 0.717) is 36.5 Å². The van der Waals surface area contributed by atoms with Gasteiger partial charge in [-0.3, -0.25) is 14.8 Å². The number of carbonyl (C=O) groups is 1. The average Bonchev–Trinajstić information content (AvgIpc) is 3.83. The summed E-state index contributed by atoms with van der Waals surface area (Å²) in [6.45, 7) is -2.63. The number of carbonyl (C=O) groups excluding carboxylic acids is 1. The molecule has 3 heterocycles. The van der Waals surface area contributed by atoms with Gasteiger partial charge < -0.3 is 14.2 Å². The van der Waals surface area contributed by atoms with Crippen molar-refractivity contribution >= 4 is 39.2 Å². The van der Waals surface area contributed by atoms with Gasteiger partial charge in [0.15, 0.2) is 11.5 Å². The zero-order valence-corrected chi connectivity index (χ0v) is 25.2. The smallest absolute Gasteiger partial charge is 0.387 e. The molecule has 1 saturated carbocycles. The zero-order valence-electron chi connectivity index (χ0n) is 22.9. The van der Waals surface area contributed by atoms with Crippen molar-refractivity contribution in [1.29, 1.82) is 0 Å². The topological polar surface area (TPSA) is 108 Å². The lowest BCUT2D eigenvalue weighted by atomic mass is 10.0. The third-order valence-electron chi connectivity index (χ3n) is 7.29. The normalized spacial score (nSPS) is 18.3. The Morgan fingerprint density at radius 3 is 2.47 bits per heavy atom. The fourth-order valence-electron chi connectivity index (χ4n) is 4.85. The average molecular weight is 657 g/mol. The summed E-state index contributed by atoms with van der Waals surface area (Å²) in [4.78, 5) is 21.6. The number of sulfonamides is 1. The maximum atomic E-state index is 13.8. The summed E-state index contributed by atoms with van der Waals surface area (Å²) in [5.74, 6) is -0.543. The van der Waals surface area contributed by atoms with E-state index < -0.39 is 34.7 Å². The summed E-state index contributed by atoms with van der Waals surface area (Å²) >= 11 is 12.8. The maximum Gasteiger partial charge on any atom is 0.387 e. The highest BCUT2D eigenvalue weighted by Crippen LogP contribution is 2.38. The van der Waals surface area contributed by atoms with Gasteiger partial charge >= 0.3 is 12.6 Å². The van der Waals surface area contributed by atoms with Crippen molar-refractivity contribution in [3.8, 4) is 11.5 Å². The Labute approximate surface area is 258 Å². The number of nitrogens with zero attached hydrogens (tertiary/aromatic N) is 3. The van der Waals surface area contributed by atoms with E-state index >= 15 is 0 Å². The highest BCUT2D eigenvalue weighted by molar-refractivity contribution is 7.89. The van der Waals surface area contributed by atoms with Crippen LogP contribution in [0.25, 0.3) is 0 Å². The zero-order chi connectivity index (χ0) is 30.6. The molecule has 5 rings (SSSR count). The first-order valence-electron chi connectivity index (χ1n) is 13.7. The Balaban J connectivity index is 1.47. The van der Waals surface area contributed by atoms with Crippen molar-refractivity contribution in [1.82, 2.24) is 14.3 Å². The molecule has 1 aliphatic heterocycles. The molecule has 0 radical (unpaired) electrons. The van der Waals surface area contributed by atoms with Crippen molar-refractivity contribution in [2.75, 3.05) is 13.2 Å². The van der Waals surface area contributed by atoms with Crippen LogP contribution in [0.4, 0.5) is 8.78 Å². The number of esters is 1. The molecule has 2 aliphatic rings. The lowest BCUT2D eigenvalue weighted by molar-refractivity contribution is -0.155. The summed E-state index contributed by atoms with van der Waals surface area (Å²) < 4.78 is 70.9. The monoisotopic (exact) mass is 655 g/mol. The standard InChI is InChI=1S/C29H29Cl2F2N3O6S/c30-22-15-35-16-23(31)21(22)13-26(19-8-9-25(42-29(32)33)27(12-19)40-17-18-6-7-18)41-28(37)24-5-1-2-11-36(24)43(38,39)20-4-3-10-34-14-20/h3-4,8-10,12,14-16,18,24,26,29H,1-2,5-7,11,13,17H2. The summed E-state index contributed by atoms with van der Waals surface area (Å²) in [6.07, 6.45) is 7.82. The molecule has 0 spiro atoms. The van der Waals surface area contributed by atoms with Gasteiger partial charge in [0.2, 0.25) is 10.0 Å². The fourth-order valence-corrected chi connectivity index (χ4v) is 6.98. The fraction of sp³-hybridized carbons (Fsp3) is 0.414. The van der Waals surface area contributed by atoms with E-state index in [9.17, 15) is 22.0 Å². The second-order valence-electron chi connectivity index (χ2n) is 10.4. The first-order chi connectivity index (χ1) is 20.6. The molecule has 14 heteroatoms. The number of aromatic nitrogens is 2. The summed E-state index contributed by atoms with van der Waals surface area (Å²) in [5.41, 5.74) is 0.829. The van der Waals surface area contributed by atoms with Crippen molar-refractivity contribution in [3.63, 3.8) is 0 Å². The third kappa shape index (κ3) is 7.72. The lowest BCUT2D eigenvalue weighted by Crippen LogP contribution is -2.48. The molecule has 1 aromatic carbocycles. The Bertz CT molecular complexity index is 1530. The van der Waals surface area contributed by atoms with Gasteiger partial charge in [0.25, 0.3) is 0 Å². The number of alkyl halides is 2. The van der Waals surface area contributed by atoms with E-state index in [0.717, 1.165) is 17.1 Å². The Morgan fingerprint density at radius 2 is 1.79 bits per heavy atom. The second-order valence-corrected chi connectivity index (χ2v) is 13.1. The molecular formula is C29H29Cl2F2N3O6S. The van der Waals surface area contributed by atoms with Crippen LogP contribution < -0.4 is 9.47 Å². The van der Waals surface area contributed by atoms with Gasteiger partial charge in [-0.1, -0.05) is 29.3 Å².